The van der Waals surface area contributed by atoms with E-state index in [-0.39, 0.29) is 6.04 Å². The first kappa shape index (κ1) is 12.4. The molecule has 1 N–H and O–H groups in total. The van der Waals surface area contributed by atoms with Crippen LogP contribution in [-0.4, -0.2) is 38.1 Å². The smallest absolute Gasteiger partial charge is 0.211 e. The molecule has 0 aliphatic carbocycles. The predicted octanol–water partition coefficient (Wildman–Crippen LogP) is 1.44. The Morgan fingerprint density at radius 3 is 2.76 bits per heavy atom. The standard InChI is InChI=1S/C12H18N2O2S/c1-10-4-3-5-11(8-10)13-12-6-7-14(9-12)17(2,15)16/h3-5,8,12-13H,6-7,9H2,1-2H3/t12-/m0/s1. The molecule has 1 saturated heterocycles. The monoisotopic (exact) mass is 254 g/mol. The van der Waals surface area contributed by atoms with Crippen molar-refractivity contribution in [3.8, 4) is 0 Å². The maximum Gasteiger partial charge on any atom is 0.211 e. The quantitative estimate of drug-likeness (QED) is 0.888. The Labute approximate surface area is 103 Å². The Bertz CT molecular complexity index is 499. The first-order valence-electron chi connectivity index (χ1n) is 5.73. The van der Waals surface area contributed by atoms with Gasteiger partial charge < -0.3 is 5.32 Å². The number of nitrogens with one attached hydrogen (secondary N) is 1. The first-order chi connectivity index (χ1) is 7.95. The van der Waals surface area contributed by atoms with E-state index in [1.54, 1.807) is 0 Å². The maximum atomic E-state index is 11.4. The third-order valence-corrected chi connectivity index (χ3v) is 4.28. The summed E-state index contributed by atoms with van der Waals surface area (Å²) in [4.78, 5) is 0. The minimum Gasteiger partial charge on any atom is -0.381 e. The molecule has 1 aliphatic heterocycles. The van der Waals surface area contributed by atoms with Gasteiger partial charge in [-0.1, -0.05) is 12.1 Å². The SMILES string of the molecule is Cc1cccc(N[C@H]2CCN(S(C)(=O)=O)C2)c1. The van der Waals surface area contributed by atoms with Crippen molar-refractivity contribution in [3.05, 3.63) is 29.8 Å². The number of rotatable bonds is 3. The summed E-state index contributed by atoms with van der Waals surface area (Å²) in [7, 11) is -3.04. The highest BCUT2D eigenvalue weighted by Crippen LogP contribution is 2.18. The zero-order valence-electron chi connectivity index (χ0n) is 10.2. The van der Waals surface area contributed by atoms with Gasteiger partial charge in [-0.25, -0.2) is 12.7 Å². The average molecular weight is 254 g/mol. The van der Waals surface area contributed by atoms with Gasteiger partial charge in [-0.3, -0.25) is 0 Å². The molecule has 1 fully saturated rings. The van der Waals surface area contributed by atoms with Gasteiger partial charge in [0.25, 0.3) is 0 Å². The summed E-state index contributed by atoms with van der Waals surface area (Å²) in [6.07, 6.45) is 2.13. The molecule has 1 aromatic carbocycles. The van der Waals surface area contributed by atoms with Crippen molar-refractivity contribution in [2.75, 3.05) is 24.7 Å². The lowest BCUT2D eigenvalue weighted by Crippen LogP contribution is -2.30. The van der Waals surface area contributed by atoms with Gasteiger partial charge in [0.05, 0.1) is 6.26 Å². The predicted molar refractivity (Wildman–Crippen MR) is 69.6 cm³/mol. The van der Waals surface area contributed by atoms with Crippen LogP contribution in [0, 0.1) is 6.92 Å². The molecule has 1 aromatic rings. The van der Waals surface area contributed by atoms with E-state index in [9.17, 15) is 8.42 Å². The fourth-order valence-electron chi connectivity index (χ4n) is 2.12. The molecule has 0 spiro atoms. The van der Waals surface area contributed by atoms with Crippen LogP contribution in [0.1, 0.15) is 12.0 Å². The van der Waals surface area contributed by atoms with Gasteiger partial charge in [-0.2, -0.15) is 0 Å². The molecule has 0 aromatic heterocycles. The number of sulfonamides is 1. The molecule has 4 nitrogen and oxygen atoms in total. The van der Waals surface area contributed by atoms with Gasteiger partial charge in [-0.15, -0.1) is 0 Å². The molecule has 0 unspecified atom stereocenters. The Hall–Kier alpha value is -1.07. The fraction of sp³-hybridized carbons (Fsp3) is 0.500. The molecular weight excluding hydrogens is 236 g/mol. The summed E-state index contributed by atoms with van der Waals surface area (Å²) < 4.78 is 24.3. The lowest BCUT2D eigenvalue weighted by molar-refractivity contribution is 0.480. The van der Waals surface area contributed by atoms with Gasteiger partial charge in [0.15, 0.2) is 0 Å². The molecule has 1 atom stereocenters. The fourth-order valence-corrected chi connectivity index (χ4v) is 3.01. The van der Waals surface area contributed by atoms with Crippen LogP contribution < -0.4 is 5.32 Å². The van der Waals surface area contributed by atoms with Crippen LogP contribution >= 0.6 is 0 Å². The van der Waals surface area contributed by atoms with Gasteiger partial charge in [0.2, 0.25) is 10.0 Å². The van der Waals surface area contributed by atoms with Gasteiger partial charge in [0, 0.05) is 24.8 Å². The van der Waals surface area contributed by atoms with Crippen LogP contribution in [-0.2, 0) is 10.0 Å². The van der Waals surface area contributed by atoms with Crippen molar-refractivity contribution in [1.29, 1.82) is 0 Å². The molecule has 1 aliphatic rings. The second kappa shape index (κ2) is 4.66. The first-order valence-corrected chi connectivity index (χ1v) is 7.58. The van der Waals surface area contributed by atoms with Crippen molar-refractivity contribution < 1.29 is 8.42 Å². The van der Waals surface area contributed by atoms with Crippen LogP contribution in [0.15, 0.2) is 24.3 Å². The minimum atomic E-state index is -3.04. The largest absolute Gasteiger partial charge is 0.381 e. The summed E-state index contributed by atoms with van der Waals surface area (Å²) in [6.45, 7) is 3.22. The normalized spacial score (nSPS) is 21.6. The van der Waals surface area contributed by atoms with Gasteiger partial charge in [-0.05, 0) is 31.0 Å². The Morgan fingerprint density at radius 1 is 1.41 bits per heavy atom. The zero-order valence-corrected chi connectivity index (χ0v) is 11.0. The van der Waals surface area contributed by atoms with Crippen molar-refractivity contribution >= 4 is 15.7 Å². The summed E-state index contributed by atoms with van der Waals surface area (Å²) >= 11 is 0. The van der Waals surface area contributed by atoms with Crippen LogP contribution in [0.25, 0.3) is 0 Å². The van der Waals surface area contributed by atoms with E-state index in [0.717, 1.165) is 12.1 Å². The van der Waals surface area contributed by atoms with E-state index in [2.05, 4.69) is 11.4 Å². The zero-order chi connectivity index (χ0) is 12.5. The minimum absolute atomic E-state index is 0.214. The van der Waals surface area contributed by atoms with Crippen LogP contribution in [0.4, 0.5) is 5.69 Å². The van der Waals surface area contributed by atoms with Crippen LogP contribution in [0.3, 0.4) is 0 Å². The number of hydrogen-bond acceptors (Lipinski definition) is 3. The third-order valence-electron chi connectivity index (χ3n) is 3.01. The molecule has 0 saturated carbocycles. The molecule has 94 valence electrons. The topological polar surface area (TPSA) is 49.4 Å². The van der Waals surface area contributed by atoms with Crippen LogP contribution in [0.2, 0.25) is 0 Å². The Balaban J connectivity index is 1.99. The molecule has 5 heteroatoms. The van der Waals surface area contributed by atoms with E-state index < -0.39 is 10.0 Å². The van der Waals surface area contributed by atoms with Gasteiger partial charge >= 0.3 is 0 Å². The third kappa shape index (κ3) is 3.20. The summed E-state index contributed by atoms with van der Waals surface area (Å²) in [5, 5.41) is 3.38. The second-order valence-electron chi connectivity index (χ2n) is 4.62. The molecule has 0 radical (unpaired) electrons. The van der Waals surface area contributed by atoms with E-state index in [1.807, 2.05) is 25.1 Å². The number of hydrogen-bond donors (Lipinski definition) is 1. The maximum absolute atomic E-state index is 11.4. The van der Waals surface area contributed by atoms with Crippen molar-refractivity contribution in [2.24, 2.45) is 0 Å². The van der Waals surface area contributed by atoms with Crippen molar-refractivity contribution in [3.63, 3.8) is 0 Å². The second-order valence-corrected chi connectivity index (χ2v) is 6.60. The molecule has 0 amide bonds. The molecule has 0 bridgehead atoms. The van der Waals surface area contributed by atoms with E-state index in [4.69, 9.17) is 0 Å². The van der Waals surface area contributed by atoms with Crippen molar-refractivity contribution in [1.82, 2.24) is 4.31 Å². The summed E-state index contributed by atoms with van der Waals surface area (Å²) in [5.41, 5.74) is 2.26. The number of aryl methyl sites for hydroxylation is 1. The summed E-state index contributed by atoms with van der Waals surface area (Å²) in [5.74, 6) is 0. The Morgan fingerprint density at radius 2 is 2.18 bits per heavy atom. The highest BCUT2D eigenvalue weighted by molar-refractivity contribution is 7.88. The summed E-state index contributed by atoms with van der Waals surface area (Å²) in [6, 6.07) is 8.34. The van der Waals surface area contributed by atoms with E-state index in [1.165, 1.54) is 16.1 Å². The van der Waals surface area contributed by atoms with E-state index >= 15 is 0 Å². The Kier molecular flexibility index (Phi) is 3.40. The van der Waals surface area contributed by atoms with Crippen molar-refractivity contribution in [2.45, 2.75) is 19.4 Å². The molecule has 17 heavy (non-hydrogen) atoms. The molecular formula is C12H18N2O2S. The lowest BCUT2D eigenvalue weighted by atomic mass is 10.2. The van der Waals surface area contributed by atoms with Crippen LogP contribution in [0.5, 0.6) is 0 Å². The van der Waals surface area contributed by atoms with Gasteiger partial charge in [0.1, 0.15) is 0 Å². The number of benzene rings is 1. The molecule has 1 heterocycles. The number of nitrogens with zero attached hydrogens (tertiary/aromatic N) is 1. The van der Waals surface area contributed by atoms with E-state index in [0.29, 0.717) is 13.1 Å². The number of anilines is 1. The highest BCUT2D eigenvalue weighted by Gasteiger charge is 2.28. The molecule has 2 rings (SSSR count). The highest BCUT2D eigenvalue weighted by atomic mass is 32.2. The average Bonchev–Trinajstić information content (AvgIpc) is 2.65. The lowest BCUT2D eigenvalue weighted by Gasteiger charge is -2.15.